The maximum absolute atomic E-state index is 12.3. The zero-order chi connectivity index (χ0) is 20.0. The normalized spacial score (nSPS) is 13.3. The highest BCUT2D eigenvalue weighted by Gasteiger charge is 2.20. The summed E-state index contributed by atoms with van der Waals surface area (Å²) in [6.45, 7) is 5.44. The maximum atomic E-state index is 12.3. The number of nitrogens with zero attached hydrogens (tertiary/aromatic N) is 2. The lowest BCUT2D eigenvalue weighted by atomic mass is 10.2. The Labute approximate surface area is 165 Å². The number of aliphatic imine (C=N–C) groups is 1. The quantitative estimate of drug-likeness (QED) is 0.705. The maximum Gasteiger partial charge on any atom is 0.412 e. The van der Waals surface area contributed by atoms with E-state index in [0.29, 0.717) is 15.8 Å². The van der Waals surface area contributed by atoms with Crippen molar-refractivity contribution in [3.8, 4) is 0 Å². The van der Waals surface area contributed by atoms with Gasteiger partial charge in [0.2, 0.25) is 11.8 Å². The number of carbonyl (C=O) groups excluding carboxylic acids is 3. The number of allylic oxidation sites excluding steroid dienone is 1. The molecule has 1 aromatic carbocycles. The minimum atomic E-state index is -0.653. The summed E-state index contributed by atoms with van der Waals surface area (Å²) in [6, 6.07) is 4.96. The first-order valence-electron chi connectivity index (χ1n) is 8.19. The van der Waals surface area contributed by atoms with Crippen LogP contribution in [-0.4, -0.2) is 41.3 Å². The van der Waals surface area contributed by atoms with Crippen molar-refractivity contribution in [3.63, 3.8) is 0 Å². The lowest BCUT2D eigenvalue weighted by Gasteiger charge is -2.21. The predicted octanol–water partition coefficient (Wildman–Crippen LogP) is 3.51. The standard InChI is InChI=1S/C18H21BrN4O4/c1-18(2,3)27-17(26)22-13-6-5-12(19)9-14(13)21-15(24)10-16(25)23-8-4-7-20-11-23/h4-9H,10-11H2,1-3H3,(H,21,24)(H,22,26). The van der Waals surface area contributed by atoms with Gasteiger partial charge in [0.15, 0.2) is 0 Å². The SMILES string of the molecule is CC(C)(C)OC(=O)Nc1ccc(Br)cc1NC(=O)CC(=O)N1C=CC=NC1. The fourth-order valence-electron chi connectivity index (χ4n) is 2.12. The molecule has 8 nitrogen and oxygen atoms in total. The number of hydrogen-bond acceptors (Lipinski definition) is 5. The first-order valence-corrected chi connectivity index (χ1v) is 8.99. The average Bonchev–Trinajstić information content (AvgIpc) is 2.56. The number of hydrogen-bond donors (Lipinski definition) is 2. The number of amides is 3. The number of halogens is 1. The first-order chi connectivity index (χ1) is 12.6. The lowest BCUT2D eigenvalue weighted by molar-refractivity contribution is -0.132. The van der Waals surface area contributed by atoms with Gasteiger partial charge in [-0.15, -0.1) is 0 Å². The summed E-state index contributed by atoms with van der Waals surface area (Å²) in [7, 11) is 0. The van der Waals surface area contributed by atoms with Crippen LogP contribution in [-0.2, 0) is 14.3 Å². The summed E-state index contributed by atoms with van der Waals surface area (Å²) in [5, 5.41) is 5.23. The number of anilines is 2. The van der Waals surface area contributed by atoms with E-state index in [1.165, 1.54) is 4.90 Å². The number of carbonyl (C=O) groups is 3. The van der Waals surface area contributed by atoms with E-state index in [4.69, 9.17) is 4.74 Å². The van der Waals surface area contributed by atoms with E-state index < -0.39 is 17.6 Å². The Hall–Kier alpha value is -2.68. The van der Waals surface area contributed by atoms with Crippen molar-refractivity contribution in [3.05, 3.63) is 34.9 Å². The highest BCUT2D eigenvalue weighted by Crippen LogP contribution is 2.27. The van der Waals surface area contributed by atoms with Gasteiger partial charge >= 0.3 is 6.09 Å². The smallest absolute Gasteiger partial charge is 0.412 e. The summed E-state index contributed by atoms with van der Waals surface area (Å²) in [5.74, 6) is -0.884. The Balaban J connectivity index is 2.04. The molecule has 1 aromatic rings. The Morgan fingerprint density at radius 2 is 1.96 bits per heavy atom. The molecule has 0 aromatic heterocycles. The molecule has 0 atom stereocenters. The molecule has 0 aliphatic carbocycles. The second-order valence-electron chi connectivity index (χ2n) is 6.72. The topological polar surface area (TPSA) is 100 Å². The summed E-state index contributed by atoms with van der Waals surface area (Å²) in [4.78, 5) is 41.7. The third-order valence-corrected chi connectivity index (χ3v) is 3.71. The third-order valence-electron chi connectivity index (χ3n) is 3.21. The van der Waals surface area contributed by atoms with Crippen molar-refractivity contribution < 1.29 is 19.1 Å². The van der Waals surface area contributed by atoms with Gasteiger partial charge < -0.3 is 10.1 Å². The van der Waals surface area contributed by atoms with Gasteiger partial charge in [0.1, 0.15) is 18.7 Å². The van der Waals surface area contributed by atoms with Crippen LogP contribution in [0, 0.1) is 0 Å². The Morgan fingerprint density at radius 1 is 1.22 bits per heavy atom. The summed E-state index contributed by atoms with van der Waals surface area (Å²) in [5.41, 5.74) is 0.0515. The summed E-state index contributed by atoms with van der Waals surface area (Å²) < 4.78 is 5.92. The molecule has 0 bridgehead atoms. The molecule has 9 heteroatoms. The van der Waals surface area contributed by atoms with Gasteiger partial charge in [-0.3, -0.25) is 24.8 Å². The minimum Gasteiger partial charge on any atom is -0.444 e. The molecular weight excluding hydrogens is 416 g/mol. The lowest BCUT2D eigenvalue weighted by Crippen LogP contribution is -2.31. The summed E-state index contributed by atoms with van der Waals surface area (Å²) >= 11 is 3.32. The zero-order valence-corrected chi connectivity index (χ0v) is 16.9. The van der Waals surface area contributed by atoms with Crippen LogP contribution < -0.4 is 10.6 Å². The van der Waals surface area contributed by atoms with Crippen molar-refractivity contribution in [2.45, 2.75) is 32.8 Å². The number of benzene rings is 1. The number of ether oxygens (including phenoxy) is 1. The van der Waals surface area contributed by atoms with Crippen LogP contribution in [0.3, 0.4) is 0 Å². The highest BCUT2D eigenvalue weighted by atomic mass is 79.9. The monoisotopic (exact) mass is 436 g/mol. The second-order valence-corrected chi connectivity index (χ2v) is 7.64. The van der Waals surface area contributed by atoms with Crippen molar-refractivity contribution in [1.29, 1.82) is 0 Å². The van der Waals surface area contributed by atoms with Gasteiger partial charge in [0.05, 0.1) is 11.4 Å². The van der Waals surface area contributed by atoms with E-state index >= 15 is 0 Å². The molecule has 1 aliphatic heterocycles. The molecule has 0 saturated heterocycles. The van der Waals surface area contributed by atoms with E-state index in [1.54, 1.807) is 57.5 Å². The number of rotatable bonds is 4. The fraction of sp³-hybridized carbons (Fsp3) is 0.333. The van der Waals surface area contributed by atoms with Crippen LogP contribution in [0.2, 0.25) is 0 Å². The third kappa shape index (κ3) is 6.86. The van der Waals surface area contributed by atoms with E-state index in [9.17, 15) is 14.4 Å². The van der Waals surface area contributed by atoms with Gasteiger partial charge in [-0.25, -0.2) is 4.79 Å². The molecule has 0 saturated carbocycles. The van der Waals surface area contributed by atoms with Gasteiger partial charge in [-0.05, 0) is 45.0 Å². The van der Waals surface area contributed by atoms with Gasteiger partial charge in [0, 0.05) is 16.9 Å². The van der Waals surface area contributed by atoms with Crippen molar-refractivity contribution in [1.82, 2.24) is 4.90 Å². The van der Waals surface area contributed by atoms with Crippen molar-refractivity contribution in [2.24, 2.45) is 4.99 Å². The molecule has 0 unspecified atom stereocenters. The molecule has 2 rings (SSSR count). The second kappa shape index (κ2) is 8.81. The molecule has 0 fully saturated rings. The van der Waals surface area contributed by atoms with Gasteiger partial charge in [-0.2, -0.15) is 0 Å². The fourth-order valence-corrected chi connectivity index (χ4v) is 2.48. The van der Waals surface area contributed by atoms with Crippen LogP contribution >= 0.6 is 15.9 Å². The minimum absolute atomic E-state index is 0.185. The number of nitrogens with one attached hydrogen (secondary N) is 2. The largest absolute Gasteiger partial charge is 0.444 e. The van der Waals surface area contributed by atoms with E-state index in [1.807, 2.05) is 0 Å². The molecular formula is C18H21BrN4O4. The van der Waals surface area contributed by atoms with Crippen molar-refractivity contribution in [2.75, 3.05) is 17.3 Å². The molecule has 3 amide bonds. The predicted molar refractivity (Wildman–Crippen MR) is 107 cm³/mol. The van der Waals surface area contributed by atoms with Gasteiger partial charge in [-0.1, -0.05) is 15.9 Å². The highest BCUT2D eigenvalue weighted by molar-refractivity contribution is 9.10. The van der Waals surface area contributed by atoms with Crippen LogP contribution in [0.4, 0.5) is 16.2 Å². The molecule has 144 valence electrons. The van der Waals surface area contributed by atoms with Crippen LogP contribution in [0.5, 0.6) is 0 Å². The molecule has 1 heterocycles. The van der Waals surface area contributed by atoms with E-state index in [2.05, 4.69) is 31.6 Å². The van der Waals surface area contributed by atoms with Crippen LogP contribution in [0.1, 0.15) is 27.2 Å². The van der Waals surface area contributed by atoms with Crippen LogP contribution in [0.25, 0.3) is 0 Å². The Morgan fingerprint density at radius 3 is 2.59 bits per heavy atom. The van der Waals surface area contributed by atoms with E-state index in [0.717, 1.165) is 0 Å². The van der Waals surface area contributed by atoms with Crippen molar-refractivity contribution >= 4 is 51.4 Å². The van der Waals surface area contributed by atoms with E-state index in [-0.39, 0.29) is 19.0 Å². The Bertz CT molecular complexity index is 799. The Kier molecular flexibility index (Phi) is 6.73. The molecule has 0 spiro atoms. The first kappa shape index (κ1) is 20.6. The summed E-state index contributed by atoms with van der Waals surface area (Å²) in [6.07, 6.45) is 3.78. The van der Waals surface area contributed by atoms with Crippen LogP contribution in [0.15, 0.2) is 39.9 Å². The molecule has 2 N–H and O–H groups in total. The average molecular weight is 437 g/mol. The zero-order valence-electron chi connectivity index (χ0n) is 15.3. The molecule has 1 aliphatic rings. The molecule has 27 heavy (non-hydrogen) atoms. The van der Waals surface area contributed by atoms with Gasteiger partial charge in [0.25, 0.3) is 0 Å². The molecule has 0 radical (unpaired) electrons.